The number of benzene rings is 1. The lowest BCUT2D eigenvalue weighted by Crippen LogP contribution is -2.39. The van der Waals surface area contributed by atoms with Crippen LogP contribution in [-0.2, 0) is 19.1 Å². The van der Waals surface area contributed by atoms with Crippen molar-refractivity contribution in [3.63, 3.8) is 0 Å². The molecule has 0 radical (unpaired) electrons. The maximum atomic E-state index is 12.4. The van der Waals surface area contributed by atoms with Crippen LogP contribution in [0.2, 0.25) is 0 Å². The second-order valence-corrected chi connectivity index (χ2v) is 5.90. The van der Waals surface area contributed by atoms with Gasteiger partial charge < -0.3 is 24.4 Å². The molecular weight excluding hydrogens is 364 g/mol. The zero-order valence-corrected chi connectivity index (χ0v) is 16.9. The van der Waals surface area contributed by atoms with Gasteiger partial charge in [-0.2, -0.15) is 0 Å². The maximum Gasteiger partial charge on any atom is 0.325 e. The minimum Gasteiger partial charge on any atom is -0.493 e. The van der Waals surface area contributed by atoms with E-state index in [0.717, 1.165) is 0 Å². The van der Waals surface area contributed by atoms with Crippen molar-refractivity contribution in [1.82, 2.24) is 10.2 Å². The van der Waals surface area contributed by atoms with Gasteiger partial charge in [0.2, 0.25) is 5.91 Å². The van der Waals surface area contributed by atoms with Gasteiger partial charge in [-0.15, -0.1) is 0 Å². The normalized spacial score (nSPS) is 10.2. The summed E-state index contributed by atoms with van der Waals surface area (Å²) in [5, 5.41) is 2.79. The summed E-state index contributed by atoms with van der Waals surface area (Å²) in [4.78, 5) is 37.8. The Morgan fingerprint density at radius 1 is 1.11 bits per heavy atom. The average Bonchev–Trinajstić information content (AvgIpc) is 2.69. The summed E-state index contributed by atoms with van der Waals surface area (Å²) < 4.78 is 15.3. The van der Waals surface area contributed by atoms with Gasteiger partial charge >= 0.3 is 5.97 Å². The molecule has 1 aromatic rings. The Morgan fingerprint density at radius 2 is 1.86 bits per heavy atom. The fraction of sp³-hybridized carbons (Fsp3) is 0.550. The zero-order chi connectivity index (χ0) is 20.8. The third kappa shape index (κ3) is 8.39. The lowest BCUT2D eigenvalue weighted by atomic mass is 10.2. The first-order valence-electron chi connectivity index (χ1n) is 9.45. The molecular formula is C20H30N2O6. The second-order valence-electron chi connectivity index (χ2n) is 5.90. The number of para-hydroxylation sites is 1. The highest BCUT2D eigenvalue weighted by molar-refractivity contribution is 5.96. The Labute approximate surface area is 166 Å². The number of ether oxygens (including phenoxy) is 3. The zero-order valence-electron chi connectivity index (χ0n) is 16.9. The van der Waals surface area contributed by atoms with Gasteiger partial charge in [-0.1, -0.05) is 12.1 Å². The van der Waals surface area contributed by atoms with Gasteiger partial charge in [0.05, 0.1) is 25.4 Å². The number of nitrogens with one attached hydrogen (secondary N) is 1. The highest BCUT2D eigenvalue weighted by atomic mass is 16.5. The third-order valence-corrected chi connectivity index (χ3v) is 3.83. The predicted molar refractivity (Wildman–Crippen MR) is 104 cm³/mol. The Balaban J connectivity index is 2.48. The van der Waals surface area contributed by atoms with Crippen molar-refractivity contribution in [2.24, 2.45) is 0 Å². The van der Waals surface area contributed by atoms with Gasteiger partial charge in [0.25, 0.3) is 5.91 Å². The molecule has 2 amide bonds. The van der Waals surface area contributed by atoms with E-state index in [1.807, 2.05) is 6.92 Å². The number of methoxy groups -OCH3 is 1. The summed E-state index contributed by atoms with van der Waals surface area (Å²) in [6.45, 7) is 5.17. The monoisotopic (exact) mass is 394 g/mol. The van der Waals surface area contributed by atoms with Gasteiger partial charge in [0.1, 0.15) is 12.3 Å². The second kappa shape index (κ2) is 13.5. The van der Waals surface area contributed by atoms with E-state index in [9.17, 15) is 14.4 Å². The molecule has 1 N–H and O–H groups in total. The molecule has 0 fully saturated rings. The number of rotatable bonds is 13. The number of nitrogens with zero attached hydrogens (tertiary/aromatic N) is 1. The summed E-state index contributed by atoms with van der Waals surface area (Å²) >= 11 is 0. The van der Waals surface area contributed by atoms with Gasteiger partial charge in [-0.25, -0.2) is 0 Å². The number of carbonyl (C=O) groups excluding carboxylic acids is 3. The average molecular weight is 394 g/mol. The fourth-order valence-electron chi connectivity index (χ4n) is 2.49. The van der Waals surface area contributed by atoms with Crippen LogP contribution in [0.1, 0.15) is 37.0 Å². The van der Waals surface area contributed by atoms with Crippen molar-refractivity contribution >= 4 is 17.8 Å². The van der Waals surface area contributed by atoms with Gasteiger partial charge in [-0.3, -0.25) is 14.4 Å². The lowest BCUT2D eigenvalue weighted by molar-refractivity contribution is -0.149. The van der Waals surface area contributed by atoms with Crippen molar-refractivity contribution in [3.8, 4) is 5.75 Å². The minimum absolute atomic E-state index is 0.107. The van der Waals surface area contributed by atoms with Crippen LogP contribution in [0, 0.1) is 0 Å². The van der Waals surface area contributed by atoms with E-state index in [4.69, 9.17) is 14.2 Å². The third-order valence-electron chi connectivity index (χ3n) is 3.83. The molecule has 0 aliphatic heterocycles. The highest BCUT2D eigenvalue weighted by Gasteiger charge is 2.18. The van der Waals surface area contributed by atoms with Crippen molar-refractivity contribution < 1.29 is 28.6 Å². The van der Waals surface area contributed by atoms with Crippen LogP contribution in [0.5, 0.6) is 5.75 Å². The number of hydrogen-bond acceptors (Lipinski definition) is 6. The molecule has 8 nitrogen and oxygen atoms in total. The summed E-state index contributed by atoms with van der Waals surface area (Å²) in [5.41, 5.74) is 0.458. The van der Waals surface area contributed by atoms with Gasteiger partial charge in [-0.05, 0) is 32.4 Å². The predicted octanol–water partition coefficient (Wildman–Crippen LogP) is 1.63. The van der Waals surface area contributed by atoms with E-state index in [1.165, 1.54) is 12.0 Å². The Kier molecular flexibility index (Phi) is 11.3. The quantitative estimate of drug-likeness (QED) is 0.404. The van der Waals surface area contributed by atoms with Crippen molar-refractivity contribution in [2.75, 3.05) is 46.6 Å². The molecule has 0 heterocycles. The first kappa shape index (κ1) is 23.4. The molecule has 0 atom stereocenters. The van der Waals surface area contributed by atoms with Crippen LogP contribution in [0.15, 0.2) is 24.3 Å². The first-order valence-corrected chi connectivity index (χ1v) is 9.45. The standard InChI is InChI=1S/C20H30N2O6/c1-4-27-17-10-7-6-9-16(17)20(25)21-12-8-11-18(23)22(13-14-26-3)15-19(24)28-5-2/h6-7,9-10H,4-5,8,11-15H2,1-3H3,(H,21,25). The van der Waals surface area contributed by atoms with E-state index < -0.39 is 5.97 Å². The van der Waals surface area contributed by atoms with Crippen LogP contribution < -0.4 is 10.1 Å². The molecule has 0 saturated heterocycles. The number of carbonyl (C=O) groups is 3. The Bertz CT molecular complexity index is 635. The summed E-state index contributed by atoms with van der Waals surface area (Å²) in [5.74, 6) is -0.361. The number of esters is 1. The molecule has 0 aromatic heterocycles. The smallest absolute Gasteiger partial charge is 0.325 e. The van der Waals surface area contributed by atoms with Crippen LogP contribution in [0.4, 0.5) is 0 Å². The molecule has 28 heavy (non-hydrogen) atoms. The molecule has 0 saturated carbocycles. The molecule has 1 aromatic carbocycles. The highest BCUT2D eigenvalue weighted by Crippen LogP contribution is 2.17. The molecule has 0 spiro atoms. The number of hydrogen-bond donors (Lipinski definition) is 1. The summed E-state index contributed by atoms with van der Waals surface area (Å²) in [6, 6.07) is 7.00. The van der Waals surface area contributed by atoms with E-state index >= 15 is 0 Å². The minimum atomic E-state index is -0.451. The van der Waals surface area contributed by atoms with Crippen LogP contribution in [0.25, 0.3) is 0 Å². The van der Waals surface area contributed by atoms with Crippen molar-refractivity contribution in [1.29, 1.82) is 0 Å². The number of amides is 2. The first-order chi connectivity index (χ1) is 13.5. The van der Waals surface area contributed by atoms with Crippen molar-refractivity contribution in [3.05, 3.63) is 29.8 Å². The maximum absolute atomic E-state index is 12.4. The van der Waals surface area contributed by atoms with E-state index in [0.29, 0.717) is 44.0 Å². The molecule has 8 heteroatoms. The molecule has 0 aliphatic carbocycles. The van der Waals surface area contributed by atoms with Crippen LogP contribution >= 0.6 is 0 Å². The SMILES string of the molecule is CCOC(=O)CN(CCOC)C(=O)CCCNC(=O)c1ccccc1OCC. The summed E-state index contributed by atoms with van der Waals surface area (Å²) in [6.07, 6.45) is 0.657. The van der Waals surface area contributed by atoms with Crippen molar-refractivity contribution in [2.45, 2.75) is 26.7 Å². The molecule has 1 rings (SSSR count). The Hall–Kier alpha value is -2.61. The topological polar surface area (TPSA) is 94.2 Å². The van der Waals surface area contributed by atoms with E-state index in [2.05, 4.69) is 5.32 Å². The van der Waals surface area contributed by atoms with E-state index in [-0.39, 0.29) is 31.4 Å². The van der Waals surface area contributed by atoms with Gasteiger partial charge in [0, 0.05) is 26.6 Å². The van der Waals surface area contributed by atoms with Gasteiger partial charge in [0.15, 0.2) is 0 Å². The molecule has 0 unspecified atom stereocenters. The summed E-state index contributed by atoms with van der Waals surface area (Å²) in [7, 11) is 1.53. The Morgan fingerprint density at radius 3 is 2.54 bits per heavy atom. The molecule has 0 bridgehead atoms. The molecule has 156 valence electrons. The van der Waals surface area contributed by atoms with E-state index in [1.54, 1.807) is 31.2 Å². The lowest BCUT2D eigenvalue weighted by Gasteiger charge is -2.21. The fourth-order valence-corrected chi connectivity index (χ4v) is 2.49. The van der Waals surface area contributed by atoms with Crippen LogP contribution in [-0.4, -0.2) is 69.2 Å². The largest absolute Gasteiger partial charge is 0.493 e. The van der Waals surface area contributed by atoms with Crippen LogP contribution in [0.3, 0.4) is 0 Å². The molecule has 0 aliphatic rings.